The molecule has 1 amide bonds. The van der Waals surface area contributed by atoms with Crippen molar-refractivity contribution in [1.29, 1.82) is 0 Å². The fraction of sp³-hybridized carbons (Fsp3) is 0.348. The first-order valence-corrected chi connectivity index (χ1v) is 11.2. The molecule has 0 unspecified atom stereocenters. The van der Waals surface area contributed by atoms with Gasteiger partial charge in [0.25, 0.3) is 5.91 Å². The fourth-order valence-corrected chi connectivity index (χ4v) is 4.95. The molecule has 0 bridgehead atoms. The van der Waals surface area contributed by atoms with E-state index in [1.54, 1.807) is 0 Å². The molecule has 3 aromatic rings. The zero-order chi connectivity index (χ0) is 19.3. The van der Waals surface area contributed by atoms with E-state index in [2.05, 4.69) is 33.9 Å². The number of amides is 1. The van der Waals surface area contributed by atoms with Gasteiger partial charge < -0.3 is 9.47 Å². The Balaban J connectivity index is 1.57. The lowest BCUT2D eigenvalue weighted by Gasteiger charge is -2.34. The van der Waals surface area contributed by atoms with Crippen LogP contribution in [0.5, 0.6) is 0 Å². The first-order valence-electron chi connectivity index (χ1n) is 9.93. The molecule has 1 aliphatic rings. The highest BCUT2D eigenvalue weighted by molar-refractivity contribution is 7.12. The second-order valence-corrected chi connectivity index (χ2v) is 8.84. The largest absolute Gasteiger partial charge is 0.345 e. The van der Waals surface area contributed by atoms with Gasteiger partial charge >= 0.3 is 0 Å². The number of benzene rings is 1. The molecule has 2 heterocycles. The van der Waals surface area contributed by atoms with Crippen LogP contribution in [0.15, 0.2) is 60.1 Å². The summed E-state index contributed by atoms with van der Waals surface area (Å²) in [4.78, 5) is 16.2. The van der Waals surface area contributed by atoms with Crippen LogP contribution >= 0.6 is 22.9 Å². The molecule has 146 valence electrons. The lowest BCUT2D eigenvalue weighted by atomic mass is 9.94. The highest BCUT2D eigenvalue weighted by atomic mass is 35.5. The van der Waals surface area contributed by atoms with Crippen molar-refractivity contribution >= 4 is 28.8 Å². The second-order valence-electron chi connectivity index (χ2n) is 7.46. The number of aromatic nitrogens is 1. The maximum Gasteiger partial charge on any atom is 0.264 e. The van der Waals surface area contributed by atoms with Gasteiger partial charge in [0, 0.05) is 29.5 Å². The van der Waals surface area contributed by atoms with Crippen molar-refractivity contribution in [3.05, 3.63) is 81.3 Å². The molecule has 0 radical (unpaired) electrons. The molecule has 1 fully saturated rings. The number of hydrogen-bond donors (Lipinski definition) is 0. The Bertz CT molecular complexity index is 912. The fourth-order valence-electron chi connectivity index (χ4n) is 4.06. The molecule has 28 heavy (non-hydrogen) atoms. The van der Waals surface area contributed by atoms with E-state index in [0.717, 1.165) is 35.0 Å². The van der Waals surface area contributed by atoms with Gasteiger partial charge in [0.15, 0.2) is 0 Å². The number of thiophene rings is 1. The summed E-state index contributed by atoms with van der Waals surface area (Å²) in [5.41, 5.74) is 2.33. The SMILES string of the molecule is O=C(c1cccs1)N(Cc1cccn1Cc1cccc(Cl)c1)C1CCCCC1. The maximum absolute atomic E-state index is 13.3. The van der Waals surface area contributed by atoms with E-state index < -0.39 is 0 Å². The molecule has 0 spiro atoms. The zero-order valence-electron chi connectivity index (χ0n) is 15.9. The molecule has 5 heteroatoms. The first kappa shape index (κ1) is 19.3. The molecule has 0 saturated heterocycles. The Labute approximate surface area is 175 Å². The Morgan fingerprint density at radius 3 is 2.71 bits per heavy atom. The summed E-state index contributed by atoms with van der Waals surface area (Å²) >= 11 is 7.68. The van der Waals surface area contributed by atoms with Crippen molar-refractivity contribution < 1.29 is 4.79 Å². The minimum atomic E-state index is 0.164. The monoisotopic (exact) mass is 412 g/mol. The van der Waals surface area contributed by atoms with Crippen LogP contribution in [-0.2, 0) is 13.1 Å². The van der Waals surface area contributed by atoms with Crippen molar-refractivity contribution in [2.75, 3.05) is 0 Å². The van der Waals surface area contributed by atoms with Gasteiger partial charge in [-0.3, -0.25) is 4.79 Å². The lowest BCUT2D eigenvalue weighted by molar-refractivity contribution is 0.0614. The number of carbonyl (C=O) groups excluding carboxylic acids is 1. The Morgan fingerprint density at radius 1 is 1.11 bits per heavy atom. The Morgan fingerprint density at radius 2 is 1.96 bits per heavy atom. The number of hydrogen-bond acceptors (Lipinski definition) is 2. The van der Waals surface area contributed by atoms with E-state index in [-0.39, 0.29) is 5.91 Å². The quantitative estimate of drug-likeness (QED) is 0.471. The molecule has 1 saturated carbocycles. The summed E-state index contributed by atoms with van der Waals surface area (Å²) in [5.74, 6) is 0.164. The summed E-state index contributed by atoms with van der Waals surface area (Å²) < 4.78 is 2.23. The highest BCUT2D eigenvalue weighted by Crippen LogP contribution is 2.27. The van der Waals surface area contributed by atoms with E-state index in [1.807, 2.05) is 35.7 Å². The molecular formula is C23H25ClN2OS. The van der Waals surface area contributed by atoms with Crippen molar-refractivity contribution in [1.82, 2.24) is 9.47 Å². The molecule has 4 rings (SSSR count). The van der Waals surface area contributed by atoms with Crippen LogP contribution in [0.4, 0.5) is 0 Å². The van der Waals surface area contributed by atoms with Crippen LogP contribution in [-0.4, -0.2) is 21.4 Å². The summed E-state index contributed by atoms with van der Waals surface area (Å²) in [6.45, 7) is 1.41. The number of nitrogens with zero attached hydrogens (tertiary/aromatic N) is 2. The van der Waals surface area contributed by atoms with Gasteiger partial charge in [0.1, 0.15) is 0 Å². The highest BCUT2D eigenvalue weighted by Gasteiger charge is 2.27. The van der Waals surface area contributed by atoms with Gasteiger partial charge in [0.2, 0.25) is 0 Å². The predicted molar refractivity (Wildman–Crippen MR) is 116 cm³/mol. The Kier molecular flexibility index (Phi) is 6.18. The zero-order valence-corrected chi connectivity index (χ0v) is 17.5. The smallest absolute Gasteiger partial charge is 0.264 e. The normalized spacial score (nSPS) is 14.9. The van der Waals surface area contributed by atoms with Crippen LogP contribution in [0.2, 0.25) is 5.02 Å². The van der Waals surface area contributed by atoms with Gasteiger partial charge in [-0.2, -0.15) is 0 Å². The lowest BCUT2D eigenvalue weighted by Crippen LogP contribution is -2.41. The van der Waals surface area contributed by atoms with Crippen LogP contribution in [0.25, 0.3) is 0 Å². The van der Waals surface area contributed by atoms with Gasteiger partial charge in [-0.1, -0.05) is 49.1 Å². The number of rotatable bonds is 6. The van der Waals surface area contributed by atoms with E-state index in [0.29, 0.717) is 12.6 Å². The van der Waals surface area contributed by atoms with E-state index in [1.165, 1.54) is 36.2 Å². The first-order chi connectivity index (χ1) is 13.7. The topological polar surface area (TPSA) is 25.2 Å². The van der Waals surface area contributed by atoms with E-state index >= 15 is 0 Å². The van der Waals surface area contributed by atoms with Crippen LogP contribution in [0.3, 0.4) is 0 Å². The van der Waals surface area contributed by atoms with Crippen molar-refractivity contribution in [2.45, 2.75) is 51.2 Å². The van der Waals surface area contributed by atoms with E-state index in [9.17, 15) is 4.79 Å². The molecule has 0 atom stereocenters. The van der Waals surface area contributed by atoms with Gasteiger partial charge in [-0.15, -0.1) is 11.3 Å². The van der Waals surface area contributed by atoms with Crippen LogP contribution in [0.1, 0.15) is 53.0 Å². The average molecular weight is 413 g/mol. The summed E-state index contributed by atoms with van der Waals surface area (Å²) in [6.07, 6.45) is 8.00. The second kappa shape index (κ2) is 8.97. The van der Waals surface area contributed by atoms with E-state index in [4.69, 9.17) is 11.6 Å². The molecule has 1 aliphatic carbocycles. The van der Waals surface area contributed by atoms with Crippen molar-refractivity contribution in [3.8, 4) is 0 Å². The molecule has 2 aromatic heterocycles. The number of carbonyl (C=O) groups is 1. The molecule has 1 aromatic carbocycles. The third-order valence-corrected chi connectivity index (χ3v) is 6.60. The van der Waals surface area contributed by atoms with Crippen LogP contribution < -0.4 is 0 Å². The average Bonchev–Trinajstić information content (AvgIpc) is 3.39. The van der Waals surface area contributed by atoms with Crippen molar-refractivity contribution in [3.63, 3.8) is 0 Å². The number of halogens is 1. The molecule has 3 nitrogen and oxygen atoms in total. The molecular weight excluding hydrogens is 388 g/mol. The van der Waals surface area contributed by atoms with Gasteiger partial charge in [-0.05, 0) is 54.1 Å². The van der Waals surface area contributed by atoms with Gasteiger partial charge in [0.05, 0.1) is 11.4 Å². The molecule has 0 aliphatic heterocycles. The summed E-state index contributed by atoms with van der Waals surface area (Å²) in [7, 11) is 0. The Hall–Kier alpha value is -2.04. The standard InChI is InChI=1S/C23H25ClN2OS/c24-19-8-4-7-18(15-19)16-25-13-5-11-21(25)17-26(20-9-2-1-3-10-20)23(27)22-12-6-14-28-22/h4-8,11-15,20H,1-3,9-10,16-17H2. The third kappa shape index (κ3) is 4.50. The van der Waals surface area contributed by atoms with Crippen LogP contribution in [0, 0.1) is 0 Å². The minimum absolute atomic E-state index is 0.164. The minimum Gasteiger partial charge on any atom is -0.345 e. The maximum atomic E-state index is 13.3. The predicted octanol–water partition coefficient (Wildman–Crippen LogP) is 6.23. The summed E-state index contributed by atoms with van der Waals surface area (Å²) in [5, 5.41) is 2.73. The summed E-state index contributed by atoms with van der Waals surface area (Å²) in [6, 6.07) is 16.4. The molecule has 0 N–H and O–H groups in total. The third-order valence-electron chi connectivity index (χ3n) is 5.51. The van der Waals surface area contributed by atoms with Gasteiger partial charge in [-0.25, -0.2) is 0 Å². The van der Waals surface area contributed by atoms with Crippen molar-refractivity contribution in [2.24, 2.45) is 0 Å².